The zero-order valence-corrected chi connectivity index (χ0v) is 17.6. The smallest absolute Gasteiger partial charge is 0.268 e. The van der Waals surface area contributed by atoms with Gasteiger partial charge in [0.15, 0.2) is 0 Å². The summed E-state index contributed by atoms with van der Waals surface area (Å²) in [5.74, 6) is 0. The Kier molecular flexibility index (Phi) is 6.24. The Hall–Kier alpha value is -3.49. The number of hydrogen-bond acceptors (Lipinski definition) is 9. The van der Waals surface area contributed by atoms with Crippen molar-refractivity contribution in [2.75, 3.05) is 6.54 Å². The van der Waals surface area contributed by atoms with Crippen molar-refractivity contribution in [2.45, 2.75) is 18.4 Å². The summed E-state index contributed by atoms with van der Waals surface area (Å²) in [4.78, 5) is 32.8. The molecular weight excluding hydrogens is 450 g/mol. The normalized spacial score (nSPS) is 11.4. The molecule has 3 rings (SSSR count). The molecule has 162 valence electrons. The molecule has 0 amide bonds. The van der Waals surface area contributed by atoms with Gasteiger partial charge in [-0.1, -0.05) is 6.07 Å². The highest BCUT2D eigenvalue weighted by atomic mass is 32.2. The third-order valence-corrected chi connectivity index (χ3v) is 6.62. The summed E-state index contributed by atoms with van der Waals surface area (Å²) in [5, 5.41) is 28.4. The number of nitrogens with zero attached hydrogens (tertiary/aromatic N) is 4. The van der Waals surface area contributed by atoms with E-state index in [-0.39, 0.29) is 18.7 Å². The van der Waals surface area contributed by atoms with Crippen LogP contribution in [0.15, 0.2) is 51.5 Å². The lowest BCUT2D eigenvalue weighted by atomic mass is 10.1. The molecule has 0 saturated heterocycles. The summed E-state index contributed by atoms with van der Waals surface area (Å²) in [5.41, 5.74) is -1.52. The second-order valence-corrected chi connectivity index (χ2v) is 8.97. The van der Waals surface area contributed by atoms with Crippen LogP contribution in [0.5, 0.6) is 0 Å². The van der Waals surface area contributed by atoms with Crippen molar-refractivity contribution in [1.82, 2.24) is 14.5 Å². The molecule has 0 aliphatic heterocycles. The Morgan fingerprint density at radius 2 is 1.77 bits per heavy atom. The van der Waals surface area contributed by atoms with Crippen LogP contribution in [0.1, 0.15) is 5.56 Å². The summed E-state index contributed by atoms with van der Waals surface area (Å²) in [6.07, 6.45) is 0. The summed E-state index contributed by atoms with van der Waals surface area (Å²) in [6.45, 7) is 0.782. The zero-order valence-electron chi connectivity index (χ0n) is 15.9. The molecule has 12 nitrogen and oxygen atoms in total. The minimum Gasteiger partial charge on any atom is -0.268 e. The van der Waals surface area contributed by atoms with E-state index in [9.17, 15) is 33.4 Å². The van der Waals surface area contributed by atoms with Crippen LogP contribution >= 0.6 is 11.3 Å². The van der Waals surface area contributed by atoms with E-state index in [1.807, 2.05) is 17.5 Å². The number of sulfonamides is 1. The third-order valence-electron chi connectivity index (χ3n) is 4.29. The van der Waals surface area contributed by atoms with Crippen LogP contribution in [-0.2, 0) is 16.6 Å². The van der Waals surface area contributed by atoms with E-state index in [1.54, 1.807) is 6.07 Å². The predicted octanol–water partition coefficient (Wildman–Crippen LogP) is 2.08. The van der Waals surface area contributed by atoms with Crippen molar-refractivity contribution in [1.29, 1.82) is 0 Å². The van der Waals surface area contributed by atoms with E-state index in [2.05, 4.69) is 9.82 Å². The number of rotatable bonds is 8. The van der Waals surface area contributed by atoms with E-state index in [4.69, 9.17) is 0 Å². The highest BCUT2D eigenvalue weighted by Crippen LogP contribution is 2.31. The standard InChI is InChI=1S/C17H15N5O7S2/c1-11-14(21(24)25)9-12(10-15(11)22(26)27)31(28,29)18-6-7-20-17(23)5-4-13(19-20)16-3-2-8-30-16/h2-5,8-10,18H,6-7H2,1H3. The maximum atomic E-state index is 12.6. The predicted molar refractivity (Wildman–Crippen MR) is 111 cm³/mol. The second kappa shape index (κ2) is 8.71. The Balaban J connectivity index is 1.83. The van der Waals surface area contributed by atoms with E-state index in [0.717, 1.165) is 21.7 Å². The van der Waals surface area contributed by atoms with Crippen LogP contribution < -0.4 is 10.3 Å². The van der Waals surface area contributed by atoms with Crippen molar-refractivity contribution >= 4 is 32.7 Å². The quantitative estimate of drug-likeness (QED) is 0.389. The van der Waals surface area contributed by atoms with Crippen molar-refractivity contribution in [3.05, 3.63) is 77.9 Å². The Morgan fingerprint density at radius 1 is 1.13 bits per heavy atom. The second-order valence-electron chi connectivity index (χ2n) is 6.26. The fourth-order valence-electron chi connectivity index (χ4n) is 2.73. The van der Waals surface area contributed by atoms with Gasteiger partial charge in [-0.3, -0.25) is 25.0 Å². The van der Waals surface area contributed by atoms with Gasteiger partial charge in [-0.2, -0.15) is 5.10 Å². The molecule has 1 N–H and O–H groups in total. The molecule has 0 unspecified atom stereocenters. The number of nitro groups is 2. The van der Waals surface area contributed by atoms with Gasteiger partial charge in [0.05, 0.1) is 26.2 Å². The monoisotopic (exact) mass is 465 g/mol. The van der Waals surface area contributed by atoms with Crippen LogP contribution in [0, 0.1) is 27.2 Å². The zero-order chi connectivity index (χ0) is 22.8. The van der Waals surface area contributed by atoms with Gasteiger partial charge < -0.3 is 0 Å². The minimum absolute atomic E-state index is 0.118. The Morgan fingerprint density at radius 3 is 2.32 bits per heavy atom. The van der Waals surface area contributed by atoms with Crippen LogP contribution in [0.25, 0.3) is 10.6 Å². The number of benzene rings is 1. The van der Waals surface area contributed by atoms with Crippen LogP contribution in [-0.4, -0.2) is 34.6 Å². The van der Waals surface area contributed by atoms with Crippen LogP contribution in [0.3, 0.4) is 0 Å². The Bertz CT molecular complexity index is 1280. The first kappa shape index (κ1) is 22.2. The summed E-state index contributed by atoms with van der Waals surface area (Å²) < 4.78 is 28.4. The van der Waals surface area contributed by atoms with Gasteiger partial charge in [0.1, 0.15) is 11.3 Å². The van der Waals surface area contributed by atoms with E-state index < -0.39 is 41.7 Å². The third kappa shape index (κ3) is 4.82. The fourth-order valence-corrected chi connectivity index (χ4v) is 4.48. The minimum atomic E-state index is -4.33. The molecule has 0 fully saturated rings. The molecule has 0 spiro atoms. The first-order chi connectivity index (χ1) is 14.6. The molecule has 3 aromatic rings. The van der Waals surface area contributed by atoms with Gasteiger partial charge in [0.25, 0.3) is 16.9 Å². The van der Waals surface area contributed by atoms with Gasteiger partial charge >= 0.3 is 0 Å². The van der Waals surface area contributed by atoms with E-state index >= 15 is 0 Å². The van der Waals surface area contributed by atoms with Gasteiger partial charge in [-0.25, -0.2) is 17.8 Å². The largest absolute Gasteiger partial charge is 0.280 e. The molecule has 1 aromatic carbocycles. The first-order valence-electron chi connectivity index (χ1n) is 8.65. The van der Waals surface area contributed by atoms with Crippen molar-refractivity contribution < 1.29 is 18.3 Å². The number of nitrogens with one attached hydrogen (secondary N) is 1. The highest BCUT2D eigenvalue weighted by Gasteiger charge is 2.27. The molecule has 2 heterocycles. The van der Waals surface area contributed by atoms with E-state index in [1.165, 1.54) is 24.3 Å². The highest BCUT2D eigenvalue weighted by molar-refractivity contribution is 7.89. The fraction of sp³-hybridized carbons (Fsp3) is 0.176. The van der Waals surface area contributed by atoms with Crippen LogP contribution in [0.4, 0.5) is 11.4 Å². The molecule has 0 aliphatic rings. The van der Waals surface area contributed by atoms with Gasteiger partial charge in [-0.05, 0) is 24.4 Å². The van der Waals surface area contributed by atoms with Gasteiger partial charge in [0, 0.05) is 24.7 Å². The Labute approximate surface area is 179 Å². The topological polar surface area (TPSA) is 167 Å². The molecule has 14 heteroatoms. The number of thiophene rings is 1. The lowest BCUT2D eigenvalue weighted by molar-refractivity contribution is -0.395. The van der Waals surface area contributed by atoms with E-state index in [0.29, 0.717) is 5.69 Å². The lowest BCUT2D eigenvalue weighted by Crippen LogP contribution is -2.32. The SMILES string of the molecule is Cc1c([N+](=O)[O-])cc(S(=O)(=O)NCCn2nc(-c3cccs3)ccc2=O)cc1[N+](=O)[O-]. The molecule has 0 atom stereocenters. The number of hydrogen-bond donors (Lipinski definition) is 1. The first-order valence-corrected chi connectivity index (χ1v) is 11.0. The maximum Gasteiger partial charge on any atom is 0.280 e. The van der Waals surface area contributed by atoms with Crippen LogP contribution in [0.2, 0.25) is 0 Å². The molecule has 31 heavy (non-hydrogen) atoms. The van der Waals surface area contributed by atoms with Gasteiger partial charge in [-0.15, -0.1) is 11.3 Å². The lowest BCUT2D eigenvalue weighted by Gasteiger charge is -2.09. The molecule has 0 bridgehead atoms. The average molecular weight is 465 g/mol. The molecule has 0 aliphatic carbocycles. The van der Waals surface area contributed by atoms with Crippen molar-refractivity contribution in [3.63, 3.8) is 0 Å². The average Bonchev–Trinajstić information content (AvgIpc) is 3.23. The molecule has 0 radical (unpaired) electrons. The summed E-state index contributed by atoms with van der Waals surface area (Å²) in [6, 6.07) is 8.02. The summed E-state index contributed by atoms with van der Waals surface area (Å²) in [7, 11) is -4.33. The molecular formula is C17H15N5O7S2. The van der Waals surface area contributed by atoms with Crippen molar-refractivity contribution in [2.24, 2.45) is 0 Å². The number of nitro benzene ring substituents is 2. The maximum absolute atomic E-state index is 12.6. The number of aromatic nitrogens is 2. The molecule has 0 saturated carbocycles. The molecule has 2 aromatic heterocycles. The summed E-state index contributed by atoms with van der Waals surface area (Å²) >= 11 is 1.42. The van der Waals surface area contributed by atoms with Crippen molar-refractivity contribution in [3.8, 4) is 10.6 Å². The van der Waals surface area contributed by atoms with Gasteiger partial charge in [0.2, 0.25) is 10.0 Å².